The van der Waals surface area contributed by atoms with Crippen molar-refractivity contribution in [3.63, 3.8) is 0 Å². The predicted octanol–water partition coefficient (Wildman–Crippen LogP) is 2.71. The van der Waals surface area contributed by atoms with Gasteiger partial charge in [0.15, 0.2) is 0 Å². The zero-order valence-electron chi connectivity index (χ0n) is 15.0. The quantitative estimate of drug-likeness (QED) is 0.674. The van der Waals surface area contributed by atoms with Crippen molar-refractivity contribution in [2.45, 2.75) is 32.2 Å². The number of hydrogen-bond donors (Lipinski definition) is 3. The van der Waals surface area contributed by atoms with Gasteiger partial charge in [0.1, 0.15) is 18.5 Å². The lowest BCUT2D eigenvalue weighted by Crippen LogP contribution is -2.29. The summed E-state index contributed by atoms with van der Waals surface area (Å²) in [6, 6.07) is 14.7. The number of hydrogen-bond acceptors (Lipinski definition) is 5. The van der Waals surface area contributed by atoms with Gasteiger partial charge in [-0.3, -0.25) is 0 Å². The normalized spacial score (nSPS) is 12.9. The minimum atomic E-state index is -1.06. The van der Waals surface area contributed by atoms with Crippen LogP contribution in [0.1, 0.15) is 29.2 Å². The van der Waals surface area contributed by atoms with Gasteiger partial charge in [-0.25, -0.2) is 4.79 Å². The Hall–Kier alpha value is -2.57. The van der Waals surface area contributed by atoms with Crippen LogP contribution in [0.4, 0.5) is 4.79 Å². The Kier molecular flexibility index (Phi) is 7.44. The van der Waals surface area contributed by atoms with E-state index in [0.717, 1.165) is 11.1 Å². The molecule has 0 saturated heterocycles. The molecular weight excluding hydrogens is 334 g/mol. The standard InChI is InChI=1S/C20H25NO5/c1-14-10-16(12-17(11-14)25-2)19(23)18(22)8-9-21-20(24)26-13-15-6-4-3-5-7-15/h3-7,10-12,18-19,22-23H,8-9,13H2,1-2H3,(H,21,24). The molecule has 140 valence electrons. The highest BCUT2D eigenvalue weighted by Crippen LogP contribution is 2.24. The van der Waals surface area contributed by atoms with Crippen LogP contribution in [0.25, 0.3) is 0 Å². The molecule has 2 atom stereocenters. The molecule has 6 heteroatoms. The first kappa shape index (κ1) is 19.8. The van der Waals surface area contributed by atoms with E-state index < -0.39 is 18.3 Å². The smallest absolute Gasteiger partial charge is 0.407 e. The Morgan fingerprint density at radius 3 is 2.58 bits per heavy atom. The number of carbonyl (C=O) groups excluding carboxylic acids is 1. The van der Waals surface area contributed by atoms with E-state index in [1.807, 2.05) is 43.3 Å². The van der Waals surface area contributed by atoms with Crippen molar-refractivity contribution in [2.75, 3.05) is 13.7 Å². The van der Waals surface area contributed by atoms with Crippen molar-refractivity contribution in [1.82, 2.24) is 5.32 Å². The Bertz CT molecular complexity index is 705. The monoisotopic (exact) mass is 359 g/mol. The fraction of sp³-hybridized carbons (Fsp3) is 0.350. The molecule has 6 nitrogen and oxygen atoms in total. The van der Waals surface area contributed by atoms with E-state index in [0.29, 0.717) is 11.3 Å². The second kappa shape index (κ2) is 9.79. The van der Waals surface area contributed by atoms with Crippen LogP contribution in [0, 0.1) is 6.92 Å². The maximum atomic E-state index is 11.7. The lowest BCUT2D eigenvalue weighted by atomic mass is 10.00. The first-order valence-corrected chi connectivity index (χ1v) is 8.46. The van der Waals surface area contributed by atoms with Crippen LogP contribution in [-0.2, 0) is 11.3 Å². The second-order valence-corrected chi connectivity index (χ2v) is 6.07. The third-order valence-corrected chi connectivity index (χ3v) is 3.94. The van der Waals surface area contributed by atoms with E-state index in [1.54, 1.807) is 19.2 Å². The molecule has 0 spiro atoms. The number of ether oxygens (including phenoxy) is 2. The van der Waals surface area contributed by atoms with Crippen LogP contribution in [0.15, 0.2) is 48.5 Å². The van der Waals surface area contributed by atoms with Gasteiger partial charge in [-0.1, -0.05) is 36.4 Å². The van der Waals surface area contributed by atoms with Crippen molar-refractivity contribution in [3.8, 4) is 5.75 Å². The zero-order chi connectivity index (χ0) is 18.9. The molecule has 0 saturated carbocycles. The number of benzene rings is 2. The van der Waals surface area contributed by atoms with Crippen molar-refractivity contribution in [2.24, 2.45) is 0 Å². The third-order valence-electron chi connectivity index (χ3n) is 3.94. The number of rotatable bonds is 8. The van der Waals surface area contributed by atoms with Crippen molar-refractivity contribution < 1.29 is 24.5 Å². The van der Waals surface area contributed by atoms with Crippen molar-refractivity contribution in [3.05, 3.63) is 65.2 Å². The summed E-state index contributed by atoms with van der Waals surface area (Å²) >= 11 is 0. The number of aliphatic hydroxyl groups is 2. The predicted molar refractivity (Wildman–Crippen MR) is 97.9 cm³/mol. The average molecular weight is 359 g/mol. The minimum absolute atomic E-state index is 0.181. The molecule has 2 rings (SSSR count). The van der Waals surface area contributed by atoms with Crippen LogP contribution in [0.3, 0.4) is 0 Å². The number of nitrogens with one attached hydrogen (secondary N) is 1. The van der Waals surface area contributed by atoms with E-state index >= 15 is 0 Å². The van der Waals surface area contributed by atoms with E-state index in [9.17, 15) is 15.0 Å². The highest BCUT2D eigenvalue weighted by atomic mass is 16.5. The van der Waals surface area contributed by atoms with Crippen LogP contribution in [0.2, 0.25) is 0 Å². The topological polar surface area (TPSA) is 88.0 Å². The molecule has 2 aromatic rings. The van der Waals surface area contributed by atoms with Crippen molar-refractivity contribution >= 4 is 6.09 Å². The highest BCUT2D eigenvalue weighted by molar-refractivity contribution is 5.67. The number of carbonyl (C=O) groups is 1. The molecule has 2 aromatic carbocycles. The molecule has 0 aliphatic heterocycles. The molecule has 2 unspecified atom stereocenters. The van der Waals surface area contributed by atoms with E-state index in [2.05, 4.69) is 5.32 Å². The van der Waals surface area contributed by atoms with Gasteiger partial charge in [0, 0.05) is 6.54 Å². The summed E-state index contributed by atoms with van der Waals surface area (Å²) in [6.07, 6.45) is -2.45. The number of methoxy groups -OCH3 is 1. The summed E-state index contributed by atoms with van der Waals surface area (Å²) in [7, 11) is 1.55. The van der Waals surface area contributed by atoms with Gasteiger partial charge in [-0.2, -0.15) is 0 Å². The third kappa shape index (κ3) is 6.06. The van der Waals surface area contributed by atoms with E-state index in [1.165, 1.54) is 0 Å². The minimum Gasteiger partial charge on any atom is -0.497 e. The first-order chi connectivity index (χ1) is 12.5. The summed E-state index contributed by atoms with van der Waals surface area (Å²) in [5.74, 6) is 0.619. The molecule has 0 aliphatic carbocycles. The summed E-state index contributed by atoms with van der Waals surface area (Å²) in [6.45, 7) is 2.26. The molecule has 0 aliphatic rings. The van der Waals surface area contributed by atoms with Crippen LogP contribution < -0.4 is 10.1 Å². The van der Waals surface area contributed by atoms with Crippen LogP contribution in [0.5, 0.6) is 5.75 Å². The second-order valence-electron chi connectivity index (χ2n) is 6.07. The van der Waals surface area contributed by atoms with Gasteiger partial charge in [-0.05, 0) is 42.2 Å². The lowest BCUT2D eigenvalue weighted by Gasteiger charge is -2.19. The highest BCUT2D eigenvalue weighted by Gasteiger charge is 2.19. The Morgan fingerprint density at radius 2 is 1.88 bits per heavy atom. The molecule has 26 heavy (non-hydrogen) atoms. The molecule has 0 radical (unpaired) electrons. The Balaban J connectivity index is 1.76. The SMILES string of the molecule is COc1cc(C)cc(C(O)C(O)CCNC(=O)OCc2ccccc2)c1. The fourth-order valence-corrected chi connectivity index (χ4v) is 2.54. The Morgan fingerprint density at radius 1 is 1.15 bits per heavy atom. The summed E-state index contributed by atoms with van der Waals surface area (Å²) in [4.78, 5) is 11.7. The van der Waals surface area contributed by atoms with Gasteiger partial charge in [-0.15, -0.1) is 0 Å². The maximum absolute atomic E-state index is 11.7. The Labute approximate surface area is 153 Å². The van der Waals surface area contributed by atoms with Crippen LogP contribution in [-0.4, -0.2) is 36.1 Å². The average Bonchev–Trinajstić information content (AvgIpc) is 2.65. The van der Waals surface area contributed by atoms with Gasteiger partial charge in [0.2, 0.25) is 0 Å². The number of aryl methyl sites for hydroxylation is 1. The molecular formula is C20H25NO5. The molecule has 1 amide bonds. The maximum Gasteiger partial charge on any atom is 0.407 e. The number of amides is 1. The summed E-state index contributed by atoms with van der Waals surface area (Å²) in [5, 5.41) is 23.0. The van der Waals surface area contributed by atoms with Gasteiger partial charge >= 0.3 is 6.09 Å². The van der Waals surface area contributed by atoms with E-state index in [4.69, 9.17) is 9.47 Å². The number of alkyl carbamates (subject to hydrolysis) is 1. The summed E-state index contributed by atoms with van der Waals surface area (Å²) in [5.41, 5.74) is 2.39. The van der Waals surface area contributed by atoms with E-state index in [-0.39, 0.29) is 19.6 Å². The van der Waals surface area contributed by atoms with Crippen molar-refractivity contribution in [1.29, 1.82) is 0 Å². The number of aliphatic hydroxyl groups excluding tert-OH is 2. The van der Waals surface area contributed by atoms with Crippen LogP contribution >= 0.6 is 0 Å². The zero-order valence-corrected chi connectivity index (χ0v) is 15.0. The lowest BCUT2D eigenvalue weighted by molar-refractivity contribution is 0.0135. The summed E-state index contributed by atoms with van der Waals surface area (Å²) < 4.78 is 10.3. The first-order valence-electron chi connectivity index (χ1n) is 8.46. The molecule has 0 fully saturated rings. The molecule has 0 heterocycles. The molecule has 0 bridgehead atoms. The fourth-order valence-electron chi connectivity index (χ4n) is 2.54. The van der Waals surface area contributed by atoms with Gasteiger partial charge in [0.05, 0.1) is 13.2 Å². The van der Waals surface area contributed by atoms with Gasteiger partial charge < -0.3 is 25.0 Å². The largest absolute Gasteiger partial charge is 0.497 e. The molecule has 3 N–H and O–H groups in total. The van der Waals surface area contributed by atoms with Gasteiger partial charge in [0.25, 0.3) is 0 Å². The molecule has 0 aromatic heterocycles.